The van der Waals surface area contributed by atoms with Crippen LogP contribution in [0.3, 0.4) is 0 Å². The second-order valence-electron chi connectivity index (χ2n) is 20.4. The molecule has 16 heteroatoms. The van der Waals surface area contributed by atoms with Gasteiger partial charge in [-0.3, -0.25) is 4.79 Å². The van der Waals surface area contributed by atoms with Crippen molar-refractivity contribution in [2.75, 3.05) is 40.5 Å². The zero-order chi connectivity index (χ0) is 44.7. The van der Waals surface area contributed by atoms with E-state index in [0.717, 1.165) is 0 Å². The van der Waals surface area contributed by atoms with Gasteiger partial charge in [0.05, 0.1) is 43.4 Å². The number of esters is 3. The Balaban J connectivity index is 1.37. The first-order valence-electron chi connectivity index (χ1n) is 21.3. The number of alkyl carbamates (subject to hydrolysis) is 1. The zero-order valence-electron chi connectivity index (χ0n) is 37.3. The van der Waals surface area contributed by atoms with E-state index in [4.69, 9.17) is 37.9 Å². The molecule has 3 heterocycles. The van der Waals surface area contributed by atoms with Crippen LogP contribution in [0.15, 0.2) is 41.5 Å². The Labute approximate surface area is 357 Å². The Hall–Kier alpha value is -3.64. The number of ether oxygens (including phenoxy) is 8. The van der Waals surface area contributed by atoms with E-state index in [-0.39, 0.29) is 31.8 Å². The van der Waals surface area contributed by atoms with E-state index in [9.17, 15) is 29.4 Å². The number of nitrogens with zero attached hydrogens (tertiary/aromatic N) is 1. The van der Waals surface area contributed by atoms with Gasteiger partial charge in [0.2, 0.25) is 0 Å². The monoisotopic (exact) mass is 856 g/mol. The molecule has 3 aliphatic heterocycles. The average molecular weight is 857 g/mol. The van der Waals surface area contributed by atoms with E-state index in [1.54, 1.807) is 58.0 Å². The highest BCUT2D eigenvalue weighted by atomic mass is 16.7. The molecule has 16 nitrogen and oxygen atoms in total. The predicted octanol–water partition coefficient (Wildman–Crippen LogP) is 3.69. The van der Waals surface area contributed by atoms with Gasteiger partial charge in [-0.15, -0.1) is 0 Å². The molecule has 3 aliphatic carbocycles. The lowest BCUT2D eigenvalue weighted by Crippen LogP contribution is -2.79. The summed E-state index contributed by atoms with van der Waals surface area (Å²) in [5.74, 6) is -3.27. The van der Waals surface area contributed by atoms with Gasteiger partial charge < -0.3 is 58.3 Å². The van der Waals surface area contributed by atoms with Crippen molar-refractivity contribution in [1.29, 1.82) is 0 Å². The van der Waals surface area contributed by atoms with E-state index in [1.807, 2.05) is 46.7 Å². The highest BCUT2D eigenvalue weighted by Gasteiger charge is 2.77. The molecule has 12 atom stereocenters. The molecule has 61 heavy (non-hydrogen) atoms. The summed E-state index contributed by atoms with van der Waals surface area (Å²) in [6.07, 6.45) is -7.51. The van der Waals surface area contributed by atoms with Crippen LogP contribution >= 0.6 is 0 Å². The van der Waals surface area contributed by atoms with Crippen LogP contribution < -0.4 is 5.32 Å². The maximum Gasteiger partial charge on any atom is 0.407 e. The zero-order valence-corrected chi connectivity index (χ0v) is 37.3. The lowest BCUT2D eigenvalue weighted by molar-refractivity contribution is -0.345. The molecule has 5 fully saturated rings. The summed E-state index contributed by atoms with van der Waals surface area (Å²) in [5, 5.41) is 28.3. The molecule has 1 aromatic carbocycles. The largest absolute Gasteiger partial charge is 0.456 e. The minimum absolute atomic E-state index is 0.0202. The summed E-state index contributed by atoms with van der Waals surface area (Å²) in [6, 6.07) is 7.25. The maximum absolute atomic E-state index is 14.4. The van der Waals surface area contributed by atoms with Crippen molar-refractivity contribution in [2.24, 2.45) is 22.2 Å². The number of aliphatic hydroxyl groups is 2. The van der Waals surface area contributed by atoms with E-state index < -0.39 is 112 Å². The van der Waals surface area contributed by atoms with Gasteiger partial charge >= 0.3 is 24.0 Å². The van der Waals surface area contributed by atoms with Crippen molar-refractivity contribution in [3.05, 3.63) is 47.0 Å². The van der Waals surface area contributed by atoms with Gasteiger partial charge in [-0.1, -0.05) is 45.9 Å². The maximum atomic E-state index is 14.4. The molecular weight excluding hydrogens is 792 g/mol. The first-order valence-corrected chi connectivity index (χ1v) is 21.3. The van der Waals surface area contributed by atoms with E-state index in [1.165, 1.54) is 6.92 Å². The Kier molecular flexibility index (Phi) is 11.8. The van der Waals surface area contributed by atoms with Gasteiger partial charge in [-0.25, -0.2) is 14.4 Å². The van der Waals surface area contributed by atoms with Gasteiger partial charge in [0.25, 0.3) is 0 Å². The van der Waals surface area contributed by atoms with Gasteiger partial charge in [0.1, 0.15) is 35.6 Å². The summed E-state index contributed by atoms with van der Waals surface area (Å²) in [7, 11) is 3.80. The van der Waals surface area contributed by atoms with Gasteiger partial charge in [0.15, 0.2) is 18.0 Å². The third-order valence-electron chi connectivity index (χ3n) is 14.2. The number of hydrogen-bond acceptors (Lipinski definition) is 15. The standard InChI is InChI=1S/C45H64N2O14/c1-24-27(56-38(51)31(49)34(42(8)21-54-22-42)46-39(52)61-40(3,4)5)19-45(53)36(59-37(50)26-15-13-12-14-16-26)33-43(9,18-17-28-44(33,23-55-28)60-25(2)48)35-32(30(24)41(45,6)7)57-29(58-35)20-47(10)11/h12-16,27-29,31-36,49,53H,17-23H2,1-11H3,(H,46,52)/t27-,28?,29+,31+,32?,33?,34+,35?,36-,43+,44-,45+/m0/s1. The van der Waals surface area contributed by atoms with Gasteiger partial charge in [0, 0.05) is 36.1 Å². The van der Waals surface area contributed by atoms with E-state index in [2.05, 4.69) is 5.32 Å². The second kappa shape index (κ2) is 15.9. The van der Waals surface area contributed by atoms with Crippen LogP contribution in [0.4, 0.5) is 4.79 Å². The summed E-state index contributed by atoms with van der Waals surface area (Å²) in [5.41, 5.74) is -5.93. The number of fused-ring (bicyclic) bond motifs is 8. The number of likely N-dealkylation sites (N-methyl/N-ethyl adjacent to an activating group) is 1. The van der Waals surface area contributed by atoms with E-state index in [0.29, 0.717) is 30.5 Å². The molecule has 3 N–H and O–H groups in total. The molecule has 7 rings (SSSR count). The number of amides is 1. The van der Waals surface area contributed by atoms with Crippen LogP contribution in [0.5, 0.6) is 0 Å². The molecule has 2 bridgehead atoms. The van der Waals surface area contributed by atoms with Crippen molar-refractivity contribution < 1.29 is 67.3 Å². The first kappa shape index (κ1) is 45.4. The Morgan fingerprint density at radius 3 is 2.23 bits per heavy atom. The average Bonchev–Trinajstić information content (AvgIpc) is 3.55. The number of rotatable bonds is 10. The van der Waals surface area contributed by atoms with Gasteiger partial charge in [-0.2, -0.15) is 0 Å². The molecule has 0 radical (unpaired) electrons. The topological polar surface area (TPSA) is 198 Å². The third-order valence-corrected chi connectivity index (χ3v) is 14.2. The van der Waals surface area contributed by atoms with Gasteiger partial charge in [-0.05, 0) is 77.9 Å². The van der Waals surface area contributed by atoms with Crippen molar-refractivity contribution in [3.63, 3.8) is 0 Å². The number of hydrogen-bond donors (Lipinski definition) is 3. The molecule has 0 aromatic heterocycles. The number of carbonyl (C=O) groups excluding carboxylic acids is 4. The van der Waals surface area contributed by atoms with Crippen LogP contribution in [-0.4, -0.2) is 145 Å². The smallest absolute Gasteiger partial charge is 0.407 e. The van der Waals surface area contributed by atoms with Crippen LogP contribution in [0.1, 0.15) is 91.9 Å². The van der Waals surface area contributed by atoms with Crippen LogP contribution in [0, 0.1) is 22.2 Å². The van der Waals surface area contributed by atoms with Crippen molar-refractivity contribution in [3.8, 4) is 0 Å². The van der Waals surface area contributed by atoms with Crippen molar-refractivity contribution >= 4 is 24.0 Å². The highest BCUT2D eigenvalue weighted by Crippen LogP contribution is 2.66. The lowest BCUT2D eigenvalue weighted by Gasteiger charge is -2.68. The van der Waals surface area contributed by atoms with Crippen molar-refractivity contribution in [2.45, 2.75) is 147 Å². The molecule has 2 saturated carbocycles. The summed E-state index contributed by atoms with van der Waals surface area (Å²) in [6.45, 7) is 16.4. The Morgan fingerprint density at radius 2 is 1.67 bits per heavy atom. The minimum atomic E-state index is -2.05. The molecule has 0 spiro atoms. The normalized spacial score (nSPS) is 36.9. The van der Waals surface area contributed by atoms with Crippen LogP contribution in [0.2, 0.25) is 0 Å². The lowest BCUT2D eigenvalue weighted by atomic mass is 9.45. The second-order valence-corrected chi connectivity index (χ2v) is 20.4. The number of benzene rings is 1. The molecular formula is C45H64N2O14. The molecule has 6 aliphatic rings. The molecule has 338 valence electrons. The van der Waals surface area contributed by atoms with E-state index >= 15 is 0 Å². The van der Waals surface area contributed by atoms with Crippen LogP contribution in [0.25, 0.3) is 0 Å². The number of carbonyl (C=O) groups is 4. The minimum Gasteiger partial charge on any atom is -0.456 e. The first-order chi connectivity index (χ1) is 28.4. The molecule has 3 saturated heterocycles. The summed E-state index contributed by atoms with van der Waals surface area (Å²) in [4.78, 5) is 56.9. The SMILES string of the molecule is CC(=O)O[C@@]12COC1CC[C@@]1(C)C3O[C@H](CN(C)C)OC3C3=C(C)[C@@H](OC(=O)[C@H](O)[C@@H](NC(=O)OC(C)(C)C)C4(C)COC4)C[C@@](O)([C@@H](OC(=O)c4ccccc4)C12)C3(C)C. The number of nitrogens with one attached hydrogen (secondary N) is 1. The van der Waals surface area contributed by atoms with Crippen molar-refractivity contribution in [1.82, 2.24) is 10.2 Å². The third kappa shape index (κ3) is 7.77. The highest BCUT2D eigenvalue weighted by molar-refractivity contribution is 5.89. The Bertz CT molecular complexity index is 1910. The summed E-state index contributed by atoms with van der Waals surface area (Å²) >= 11 is 0. The number of aliphatic hydroxyl groups excluding tert-OH is 1. The summed E-state index contributed by atoms with van der Waals surface area (Å²) < 4.78 is 50.2. The predicted molar refractivity (Wildman–Crippen MR) is 217 cm³/mol. The molecule has 1 aromatic rings. The fraction of sp³-hybridized carbons (Fsp3) is 0.733. The quantitative estimate of drug-likeness (QED) is 0.175. The fourth-order valence-electron chi connectivity index (χ4n) is 11.1. The Morgan fingerprint density at radius 1 is 1.00 bits per heavy atom. The fourth-order valence-corrected chi connectivity index (χ4v) is 11.1. The molecule has 4 unspecified atom stereocenters. The van der Waals surface area contributed by atoms with Crippen LogP contribution in [-0.2, 0) is 47.5 Å². The molecule has 1 amide bonds.